The van der Waals surface area contributed by atoms with E-state index in [1.807, 2.05) is 6.07 Å². The van der Waals surface area contributed by atoms with Crippen molar-refractivity contribution in [2.24, 2.45) is 5.92 Å². The highest BCUT2D eigenvalue weighted by molar-refractivity contribution is 5.88. The second kappa shape index (κ2) is 11.5. The normalized spacial score (nSPS) is 13.6. The van der Waals surface area contributed by atoms with Crippen LogP contribution in [0.4, 0.5) is 14.9 Å². The molecule has 1 fully saturated rings. The molecule has 0 aliphatic heterocycles. The molecule has 200 valence electrons. The van der Waals surface area contributed by atoms with Gasteiger partial charge < -0.3 is 9.47 Å². The summed E-state index contributed by atoms with van der Waals surface area (Å²) < 4.78 is 27.8. The van der Waals surface area contributed by atoms with E-state index in [0.717, 1.165) is 18.4 Å². The molecular weight excluding hydrogens is 495 g/mol. The number of aromatic nitrogens is 1. The standard InChI is InChI=1S/C31H31FN4O3/c1-20-29(38-19-23-7-5-6-22(14-23)16-34)27(28(32)24-10-11-24)25(17-35-20)18-36(30(37)39-31(2,3)4)26-12-8-21(15-33)9-13-26/h5-9,12-14,17,24,28H,10-11,18-19H2,1-4H3. The number of hydrogen-bond acceptors (Lipinski definition) is 6. The van der Waals surface area contributed by atoms with Gasteiger partial charge in [-0.3, -0.25) is 9.88 Å². The first-order valence-corrected chi connectivity index (χ1v) is 12.8. The number of alkyl halides is 1. The van der Waals surface area contributed by atoms with Crippen molar-refractivity contribution in [3.63, 3.8) is 0 Å². The van der Waals surface area contributed by atoms with Gasteiger partial charge in [0.05, 0.1) is 35.5 Å². The van der Waals surface area contributed by atoms with E-state index in [9.17, 15) is 15.3 Å². The van der Waals surface area contributed by atoms with Crippen LogP contribution in [0.1, 0.15) is 73.3 Å². The summed E-state index contributed by atoms with van der Waals surface area (Å²) in [7, 11) is 0. The Morgan fingerprint density at radius 1 is 1.13 bits per heavy atom. The first-order valence-electron chi connectivity index (χ1n) is 12.8. The molecule has 3 aromatic rings. The Hall–Kier alpha value is -4.43. The Balaban J connectivity index is 1.73. The van der Waals surface area contributed by atoms with E-state index >= 15 is 4.39 Å². The average Bonchev–Trinajstić information content (AvgIpc) is 3.76. The summed E-state index contributed by atoms with van der Waals surface area (Å²) in [5.41, 5.74) is 2.92. The van der Waals surface area contributed by atoms with Gasteiger partial charge in [-0.05, 0) is 88.4 Å². The summed E-state index contributed by atoms with van der Waals surface area (Å²) in [4.78, 5) is 19.2. The van der Waals surface area contributed by atoms with Crippen LogP contribution >= 0.6 is 0 Å². The lowest BCUT2D eigenvalue weighted by atomic mass is 9.99. The molecule has 8 heteroatoms. The number of pyridine rings is 1. The molecule has 0 radical (unpaired) electrons. The van der Waals surface area contributed by atoms with Crippen molar-refractivity contribution < 1.29 is 18.7 Å². The molecule has 0 saturated heterocycles. The van der Waals surface area contributed by atoms with Crippen LogP contribution in [0.3, 0.4) is 0 Å². The molecule has 0 N–H and O–H groups in total. The van der Waals surface area contributed by atoms with E-state index in [1.54, 1.807) is 76.4 Å². The van der Waals surface area contributed by atoms with Crippen LogP contribution in [0.25, 0.3) is 0 Å². The molecule has 1 amide bonds. The van der Waals surface area contributed by atoms with Crippen LogP contribution in [0, 0.1) is 35.5 Å². The fraction of sp³-hybridized carbons (Fsp3) is 0.355. The van der Waals surface area contributed by atoms with Gasteiger partial charge in [-0.25, -0.2) is 9.18 Å². The maximum absolute atomic E-state index is 16.0. The molecule has 7 nitrogen and oxygen atoms in total. The highest BCUT2D eigenvalue weighted by Gasteiger charge is 2.37. The first kappa shape index (κ1) is 27.6. The molecule has 2 aromatic carbocycles. The van der Waals surface area contributed by atoms with Gasteiger partial charge in [-0.1, -0.05) is 12.1 Å². The van der Waals surface area contributed by atoms with Gasteiger partial charge in [0.2, 0.25) is 0 Å². The number of benzene rings is 2. The van der Waals surface area contributed by atoms with Crippen molar-refractivity contribution in [2.75, 3.05) is 4.90 Å². The van der Waals surface area contributed by atoms with Gasteiger partial charge in [0.1, 0.15) is 24.1 Å². The van der Waals surface area contributed by atoms with Gasteiger partial charge in [0.15, 0.2) is 0 Å². The summed E-state index contributed by atoms with van der Waals surface area (Å²) in [5.74, 6) is 0.220. The smallest absolute Gasteiger partial charge is 0.415 e. The van der Waals surface area contributed by atoms with Crippen molar-refractivity contribution in [1.29, 1.82) is 10.5 Å². The molecule has 1 atom stereocenters. The molecular formula is C31H31FN4O3. The maximum Gasteiger partial charge on any atom is 0.415 e. The third kappa shape index (κ3) is 6.91. The molecule has 1 saturated carbocycles. The van der Waals surface area contributed by atoms with Crippen LogP contribution in [0.15, 0.2) is 54.7 Å². The Labute approximate surface area is 228 Å². The summed E-state index contributed by atoms with van der Waals surface area (Å²) in [5, 5.41) is 18.4. The molecule has 1 aliphatic carbocycles. The molecule has 1 unspecified atom stereocenters. The van der Waals surface area contributed by atoms with Crippen molar-refractivity contribution in [3.8, 4) is 17.9 Å². The van der Waals surface area contributed by atoms with E-state index < -0.39 is 17.9 Å². The lowest BCUT2D eigenvalue weighted by molar-refractivity contribution is 0.0577. The maximum atomic E-state index is 16.0. The molecule has 4 rings (SSSR count). The SMILES string of the molecule is Cc1ncc(CN(C(=O)OC(C)(C)C)c2ccc(C#N)cc2)c(C(F)C2CC2)c1OCc1cccc(C#N)c1. The minimum atomic E-state index is -1.29. The molecule has 0 spiro atoms. The minimum absolute atomic E-state index is 0.00313. The minimum Gasteiger partial charge on any atom is -0.487 e. The van der Waals surface area contributed by atoms with Crippen LogP contribution < -0.4 is 9.64 Å². The Bertz CT molecular complexity index is 1430. The molecule has 1 aromatic heterocycles. The number of nitrogens with zero attached hydrogens (tertiary/aromatic N) is 4. The summed E-state index contributed by atoms with van der Waals surface area (Å²) >= 11 is 0. The Morgan fingerprint density at radius 3 is 2.44 bits per heavy atom. The van der Waals surface area contributed by atoms with Crippen molar-refractivity contribution in [3.05, 3.63) is 88.2 Å². The van der Waals surface area contributed by atoms with Crippen molar-refractivity contribution in [2.45, 2.75) is 65.5 Å². The number of rotatable bonds is 8. The van der Waals surface area contributed by atoms with E-state index in [0.29, 0.717) is 39.4 Å². The highest BCUT2D eigenvalue weighted by Crippen LogP contribution is 2.48. The number of nitriles is 2. The molecule has 39 heavy (non-hydrogen) atoms. The summed E-state index contributed by atoms with van der Waals surface area (Å²) in [6.45, 7) is 7.23. The quantitative estimate of drug-likeness (QED) is 0.311. The fourth-order valence-electron chi connectivity index (χ4n) is 4.23. The number of halogens is 1. The van der Waals surface area contributed by atoms with Crippen LogP contribution in [-0.2, 0) is 17.9 Å². The molecule has 1 aliphatic rings. The first-order chi connectivity index (χ1) is 18.6. The van der Waals surface area contributed by atoms with E-state index in [2.05, 4.69) is 17.1 Å². The lowest BCUT2D eigenvalue weighted by Crippen LogP contribution is -2.37. The van der Waals surface area contributed by atoms with Crippen LogP contribution in [0.5, 0.6) is 5.75 Å². The predicted octanol–water partition coefficient (Wildman–Crippen LogP) is 7.07. The van der Waals surface area contributed by atoms with E-state index in [1.165, 1.54) is 4.90 Å². The second-order valence-corrected chi connectivity index (χ2v) is 10.7. The summed E-state index contributed by atoms with van der Waals surface area (Å²) in [6.07, 6.45) is 1.25. The molecule has 0 bridgehead atoms. The Kier molecular flexibility index (Phi) is 8.16. The van der Waals surface area contributed by atoms with E-state index in [4.69, 9.17) is 9.47 Å². The van der Waals surface area contributed by atoms with Gasteiger partial charge in [-0.2, -0.15) is 10.5 Å². The monoisotopic (exact) mass is 526 g/mol. The number of carbonyl (C=O) groups is 1. The Morgan fingerprint density at radius 2 is 1.82 bits per heavy atom. The van der Waals surface area contributed by atoms with Gasteiger partial charge in [-0.15, -0.1) is 0 Å². The number of amides is 1. The highest BCUT2D eigenvalue weighted by atomic mass is 19.1. The van der Waals surface area contributed by atoms with Gasteiger partial charge in [0, 0.05) is 23.0 Å². The number of aryl methyl sites for hydroxylation is 1. The second-order valence-electron chi connectivity index (χ2n) is 10.7. The lowest BCUT2D eigenvalue weighted by Gasteiger charge is -2.29. The topological polar surface area (TPSA) is 99.2 Å². The largest absolute Gasteiger partial charge is 0.487 e. The zero-order chi connectivity index (χ0) is 28.2. The zero-order valence-corrected chi connectivity index (χ0v) is 22.6. The number of ether oxygens (including phenoxy) is 2. The van der Waals surface area contributed by atoms with E-state index in [-0.39, 0.29) is 19.1 Å². The van der Waals surface area contributed by atoms with Crippen LogP contribution in [0.2, 0.25) is 0 Å². The van der Waals surface area contributed by atoms with Gasteiger partial charge >= 0.3 is 6.09 Å². The predicted molar refractivity (Wildman–Crippen MR) is 145 cm³/mol. The zero-order valence-electron chi connectivity index (χ0n) is 22.6. The average molecular weight is 527 g/mol. The number of anilines is 1. The van der Waals surface area contributed by atoms with Crippen molar-refractivity contribution >= 4 is 11.8 Å². The third-order valence-corrected chi connectivity index (χ3v) is 6.33. The fourth-order valence-corrected chi connectivity index (χ4v) is 4.23. The van der Waals surface area contributed by atoms with Crippen molar-refractivity contribution in [1.82, 2.24) is 4.98 Å². The number of carbonyl (C=O) groups excluding carboxylic acids is 1. The number of hydrogen-bond donors (Lipinski definition) is 0. The third-order valence-electron chi connectivity index (χ3n) is 6.33. The van der Waals surface area contributed by atoms with Crippen LogP contribution in [-0.4, -0.2) is 16.7 Å². The van der Waals surface area contributed by atoms with Gasteiger partial charge in [0.25, 0.3) is 0 Å². The summed E-state index contributed by atoms with van der Waals surface area (Å²) in [6, 6.07) is 17.8. The molecule has 1 heterocycles.